The fourth-order valence-electron chi connectivity index (χ4n) is 3.31. The number of rotatable bonds is 3. The van der Waals surface area contributed by atoms with Gasteiger partial charge in [-0.1, -0.05) is 12.8 Å². The van der Waals surface area contributed by atoms with Crippen molar-refractivity contribution in [2.45, 2.75) is 32.2 Å². The monoisotopic (exact) mass is 194 g/mol. The summed E-state index contributed by atoms with van der Waals surface area (Å²) in [4.78, 5) is 2.74. The molecule has 0 aromatic carbocycles. The van der Waals surface area contributed by atoms with Gasteiger partial charge in [0.2, 0.25) is 0 Å². The van der Waals surface area contributed by atoms with Crippen LogP contribution in [0, 0.1) is 17.8 Å². The van der Waals surface area contributed by atoms with E-state index in [-0.39, 0.29) is 0 Å². The second-order valence-electron chi connectivity index (χ2n) is 5.55. The minimum Gasteiger partial charge on any atom is -0.316 e. The summed E-state index contributed by atoms with van der Waals surface area (Å²) in [6.07, 6.45) is 4.49. The van der Waals surface area contributed by atoms with E-state index in [9.17, 15) is 0 Å². The summed E-state index contributed by atoms with van der Waals surface area (Å²) in [5.41, 5.74) is 0. The van der Waals surface area contributed by atoms with E-state index in [1.807, 2.05) is 0 Å². The van der Waals surface area contributed by atoms with Crippen molar-refractivity contribution in [3.05, 3.63) is 0 Å². The van der Waals surface area contributed by atoms with Crippen LogP contribution in [0.2, 0.25) is 0 Å². The normalized spacial score (nSPS) is 43.1. The van der Waals surface area contributed by atoms with Crippen molar-refractivity contribution in [1.29, 1.82) is 0 Å². The summed E-state index contributed by atoms with van der Waals surface area (Å²) in [5.74, 6) is 3.01. The summed E-state index contributed by atoms with van der Waals surface area (Å²) in [6, 6.07) is 0.841. The summed E-state index contributed by atoms with van der Waals surface area (Å²) in [5, 5.41) is 3.53. The van der Waals surface area contributed by atoms with Crippen LogP contribution in [0.25, 0.3) is 0 Å². The SMILES string of the molecule is CC1C2CNCC2CN1CCC1CC1. The predicted molar refractivity (Wildman–Crippen MR) is 58.2 cm³/mol. The molecule has 14 heavy (non-hydrogen) atoms. The first-order valence-corrected chi connectivity index (χ1v) is 6.29. The lowest BCUT2D eigenvalue weighted by molar-refractivity contribution is 0.233. The quantitative estimate of drug-likeness (QED) is 0.729. The van der Waals surface area contributed by atoms with Crippen molar-refractivity contribution in [2.75, 3.05) is 26.2 Å². The Morgan fingerprint density at radius 3 is 2.86 bits per heavy atom. The number of hydrogen-bond acceptors (Lipinski definition) is 2. The number of nitrogens with one attached hydrogen (secondary N) is 1. The lowest BCUT2D eigenvalue weighted by atomic mass is 9.95. The maximum atomic E-state index is 3.53. The Hall–Kier alpha value is -0.0800. The van der Waals surface area contributed by atoms with Gasteiger partial charge in [0.25, 0.3) is 0 Å². The molecule has 1 aliphatic carbocycles. The Labute approximate surface area is 87.0 Å². The van der Waals surface area contributed by atoms with Gasteiger partial charge in [0, 0.05) is 12.6 Å². The van der Waals surface area contributed by atoms with Crippen molar-refractivity contribution >= 4 is 0 Å². The highest BCUT2D eigenvalue weighted by atomic mass is 15.2. The molecule has 2 nitrogen and oxygen atoms in total. The topological polar surface area (TPSA) is 15.3 Å². The molecular weight excluding hydrogens is 172 g/mol. The van der Waals surface area contributed by atoms with E-state index in [2.05, 4.69) is 17.1 Å². The minimum atomic E-state index is 0.841. The molecule has 2 saturated heterocycles. The predicted octanol–water partition coefficient (Wildman–Crippen LogP) is 1.33. The molecule has 3 rings (SSSR count). The zero-order valence-corrected chi connectivity index (χ0v) is 9.21. The molecule has 0 aromatic heterocycles. The molecule has 2 heterocycles. The molecule has 0 radical (unpaired) electrons. The molecule has 0 spiro atoms. The molecular formula is C12H22N2. The largest absolute Gasteiger partial charge is 0.316 e. The molecule has 1 N–H and O–H groups in total. The van der Waals surface area contributed by atoms with E-state index in [0.29, 0.717) is 0 Å². The average molecular weight is 194 g/mol. The summed E-state index contributed by atoms with van der Waals surface area (Å²) in [6.45, 7) is 7.72. The summed E-state index contributed by atoms with van der Waals surface area (Å²) < 4.78 is 0. The first-order valence-electron chi connectivity index (χ1n) is 6.29. The van der Waals surface area contributed by atoms with Crippen LogP contribution in [0.1, 0.15) is 26.2 Å². The molecule has 80 valence electrons. The van der Waals surface area contributed by atoms with Crippen molar-refractivity contribution in [3.8, 4) is 0 Å². The molecule has 0 amide bonds. The maximum Gasteiger partial charge on any atom is 0.0111 e. The van der Waals surface area contributed by atoms with Gasteiger partial charge in [-0.3, -0.25) is 4.90 Å². The summed E-state index contributed by atoms with van der Waals surface area (Å²) in [7, 11) is 0. The lowest BCUT2D eigenvalue weighted by Gasteiger charge is -2.24. The first kappa shape index (κ1) is 9.17. The van der Waals surface area contributed by atoms with Crippen LogP contribution in [-0.4, -0.2) is 37.1 Å². The minimum absolute atomic E-state index is 0.841. The maximum absolute atomic E-state index is 3.53. The average Bonchev–Trinajstić information content (AvgIpc) is 2.81. The smallest absolute Gasteiger partial charge is 0.0111 e. The van der Waals surface area contributed by atoms with E-state index in [4.69, 9.17) is 0 Å². The Kier molecular flexibility index (Phi) is 2.29. The van der Waals surface area contributed by atoms with Gasteiger partial charge in [0.05, 0.1) is 0 Å². The third-order valence-electron chi connectivity index (χ3n) is 4.58. The van der Waals surface area contributed by atoms with Gasteiger partial charge < -0.3 is 5.32 Å². The highest BCUT2D eigenvalue weighted by molar-refractivity contribution is 4.96. The molecule has 2 aliphatic heterocycles. The second-order valence-corrected chi connectivity index (χ2v) is 5.55. The summed E-state index contributed by atoms with van der Waals surface area (Å²) >= 11 is 0. The molecule has 0 bridgehead atoms. The van der Waals surface area contributed by atoms with Gasteiger partial charge >= 0.3 is 0 Å². The van der Waals surface area contributed by atoms with E-state index in [0.717, 1.165) is 23.8 Å². The van der Waals surface area contributed by atoms with E-state index in [1.54, 1.807) is 0 Å². The highest BCUT2D eigenvalue weighted by Gasteiger charge is 2.41. The third-order valence-corrected chi connectivity index (χ3v) is 4.58. The van der Waals surface area contributed by atoms with Gasteiger partial charge in [0.1, 0.15) is 0 Å². The molecule has 1 saturated carbocycles. The molecule has 3 atom stereocenters. The molecule has 3 unspecified atom stereocenters. The van der Waals surface area contributed by atoms with Crippen molar-refractivity contribution in [2.24, 2.45) is 17.8 Å². The van der Waals surface area contributed by atoms with Crippen LogP contribution >= 0.6 is 0 Å². The van der Waals surface area contributed by atoms with Crippen LogP contribution < -0.4 is 5.32 Å². The molecule has 3 aliphatic rings. The van der Waals surface area contributed by atoms with E-state index >= 15 is 0 Å². The lowest BCUT2D eigenvalue weighted by Crippen LogP contribution is -2.34. The van der Waals surface area contributed by atoms with Crippen LogP contribution in [0.15, 0.2) is 0 Å². The van der Waals surface area contributed by atoms with Crippen molar-refractivity contribution < 1.29 is 0 Å². The van der Waals surface area contributed by atoms with Gasteiger partial charge in [-0.15, -0.1) is 0 Å². The van der Waals surface area contributed by atoms with Crippen LogP contribution in [-0.2, 0) is 0 Å². The Balaban J connectivity index is 1.54. The van der Waals surface area contributed by atoms with Gasteiger partial charge in [0.15, 0.2) is 0 Å². The van der Waals surface area contributed by atoms with Crippen LogP contribution in [0.4, 0.5) is 0 Å². The second kappa shape index (κ2) is 3.49. The number of fused-ring (bicyclic) bond motifs is 1. The van der Waals surface area contributed by atoms with Crippen molar-refractivity contribution in [3.63, 3.8) is 0 Å². The first-order chi connectivity index (χ1) is 6.84. The standard InChI is InChI=1S/C12H22N2/c1-9-12-7-13-6-11(12)8-14(9)5-4-10-2-3-10/h9-13H,2-8H2,1H3. The Morgan fingerprint density at radius 2 is 2.14 bits per heavy atom. The number of likely N-dealkylation sites (tertiary alicyclic amines) is 1. The number of hydrogen-bond donors (Lipinski definition) is 1. The molecule has 2 heteroatoms. The highest BCUT2D eigenvalue weighted by Crippen LogP contribution is 2.36. The van der Waals surface area contributed by atoms with Gasteiger partial charge in [-0.05, 0) is 50.7 Å². The fourth-order valence-corrected chi connectivity index (χ4v) is 3.31. The molecule has 3 fully saturated rings. The third kappa shape index (κ3) is 1.59. The van der Waals surface area contributed by atoms with E-state index in [1.165, 1.54) is 45.4 Å². The van der Waals surface area contributed by atoms with Gasteiger partial charge in [-0.25, -0.2) is 0 Å². The van der Waals surface area contributed by atoms with Crippen molar-refractivity contribution in [1.82, 2.24) is 10.2 Å². The van der Waals surface area contributed by atoms with Crippen LogP contribution in [0.5, 0.6) is 0 Å². The Bertz CT molecular complexity index is 212. The molecule has 0 aromatic rings. The van der Waals surface area contributed by atoms with E-state index < -0.39 is 0 Å². The zero-order valence-electron chi connectivity index (χ0n) is 9.21. The van der Waals surface area contributed by atoms with Crippen LogP contribution in [0.3, 0.4) is 0 Å². The van der Waals surface area contributed by atoms with Gasteiger partial charge in [-0.2, -0.15) is 0 Å². The zero-order chi connectivity index (χ0) is 9.54. The Morgan fingerprint density at radius 1 is 1.29 bits per heavy atom. The fraction of sp³-hybridized carbons (Fsp3) is 1.00. The number of nitrogens with zero attached hydrogens (tertiary/aromatic N) is 1.